The highest BCUT2D eigenvalue weighted by Crippen LogP contribution is 2.28. The fraction of sp³-hybridized carbons (Fsp3) is 0.143. The summed E-state index contributed by atoms with van der Waals surface area (Å²) in [4.78, 5) is 0.182. The van der Waals surface area contributed by atoms with Gasteiger partial charge in [0.1, 0.15) is 11.5 Å². The van der Waals surface area contributed by atoms with Crippen molar-refractivity contribution in [1.82, 2.24) is 0 Å². The highest BCUT2D eigenvalue weighted by atomic mass is 32.2. The minimum Gasteiger partial charge on any atom is -0.497 e. The topological polar surface area (TPSA) is 55.8 Å². The Hall–Kier alpha value is -2.99. The standard InChI is InChI=1S/C21H21NO4S/c1-22(27(23,24)21-9-5-8-20(15-21)26-3)18-12-10-16(11-13-18)17-6-4-7-19(14-17)25-2/h4-15H,1-3H3. The number of nitrogens with zero attached hydrogens (tertiary/aromatic N) is 1. The third-order valence-corrected chi connectivity index (χ3v) is 6.12. The van der Waals surface area contributed by atoms with Gasteiger partial charge in [-0.05, 0) is 47.5 Å². The molecule has 0 bridgehead atoms. The van der Waals surface area contributed by atoms with E-state index in [1.165, 1.54) is 24.5 Å². The second-order valence-corrected chi connectivity index (χ2v) is 7.90. The van der Waals surface area contributed by atoms with E-state index in [1.807, 2.05) is 36.4 Å². The van der Waals surface area contributed by atoms with E-state index in [0.717, 1.165) is 16.9 Å². The van der Waals surface area contributed by atoms with Gasteiger partial charge in [0, 0.05) is 13.1 Å². The lowest BCUT2D eigenvalue weighted by atomic mass is 10.1. The molecule has 0 spiro atoms. The molecule has 140 valence electrons. The van der Waals surface area contributed by atoms with E-state index < -0.39 is 10.0 Å². The lowest BCUT2D eigenvalue weighted by Gasteiger charge is -2.20. The third kappa shape index (κ3) is 3.90. The first-order valence-electron chi connectivity index (χ1n) is 8.33. The molecule has 0 atom stereocenters. The monoisotopic (exact) mass is 383 g/mol. The molecule has 0 aliphatic carbocycles. The molecule has 0 unspecified atom stereocenters. The summed E-state index contributed by atoms with van der Waals surface area (Å²) in [7, 11) is 0.990. The zero-order chi connectivity index (χ0) is 19.4. The molecule has 0 heterocycles. The van der Waals surface area contributed by atoms with Crippen LogP contribution in [0.2, 0.25) is 0 Å². The zero-order valence-corrected chi connectivity index (χ0v) is 16.2. The quantitative estimate of drug-likeness (QED) is 0.640. The smallest absolute Gasteiger partial charge is 0.264 e. The van der Waals surface area contributed by atoms with Gasteiger partial charge in [0.2, 0.25) is 0 Å². The molecule has 0 radical (unpaired) electrons. The van der Waals surface area contributed by atoms with Crippen LogP contribution in [0.1, 0.15) is 0 Å². The zero-order valence-electron chi connectivity index (χ0n) is 15.4. The lowest BCUT2D eigenvalue weighted by Crippen LogP contribution is -2.26. The van der Waals surface area contributed by atoms with Gasteiger partial charge in [0.25, 0.3) is 10.0 Å². The number of benzene rings is 3. The summed E-state index contributed by atoms with van der Waals surface area (Å²) in [5, 5.41) is 0. The van der Waals surface area contributed by atoms with E-state index in [4.69, 9.17) is 9.47 Å². The van der Waals surface area contributed by atoms with Crippen molar-refractivity contribution in [1.29, 1.82) is 0 Å². The number of ether oxygens (including phenoxy) is 2. The van der Waals surface area contributed by atoms with E-state index in [9.17, 15) is 8.42 Å². The number of methoxy groups -OCH3 is 2. The molecule has 5 nitrogen and oxygen atoms in total. The first kappa shape index (κ1) is 18.8. The van der Waals surface area contributed by atoms with Gasteiger partial charge in [-0.3, -0.25) is 4.31 Å². The van der Waals surface area contributed by atoms with Crippen LogP contribution in [0.5, 0.6) is 11.5 Å². The number of sulfonamides is 1. The maximum atomic E-state index is 12.9. The van der Waals surface area contributed by atoms with Crippen molar-refractivity contribution >= 4 is 15.7 Å². The highest BCUT2D eigenvalue weighted by Gasteiger charge is 2.21. The number of hydrogen-bond donors (Lipinski definition) is 0. The summed E-state index contributed by atoms with van der Waals surface area (Å²) in [5.74, 6) is 1.27. The van der Waals surface area contributed by atoms with Crippen LogP contribution < -0.4 is 13.8 Å². The van der Waals surface area contributed by atoms with Gasteiger partial charge in [-0.1, -0.05) is 30.3 Å². The molecular weight excluding hydrogens is 362 g/mol. The van der Waals surface area contributed by atoms with E-state index in [0.29, 0.717) is 11.4 Å². The lowest BCUT2D eigenvalue weighted by molar-refractivity contribution is 0.413. The molecule has 3 rings (SSSR count). The third-order valence-electron chi connectivity index (χ3n) is 4.33. The number of rotatable bonds is 6. The summed E-state index contributed by atoms with van der Waals surface area (Å²) in [6.07, 6.45) is 0. The van der Waals surface area contributed by atoms with E-state index in [2.05, 4.69) is 0 Å². The molecule has 27 heavy (non-hydrogen) atoms. The molecule has 0 saturated carbocycles. The summed E-state index contributed by atoms with van der Waals surface area (Å²) in [5.41, 5.74) is 2.55. The Morgan fingerprint density at radius 2 is 1.33 bits per heavy atom. The van der Waals surface area contributed by atoms with Gasteiger partial charge in [0.05, 0.1) is 24.8 Å². The van der Waals surface area contributed by atoms with E-state index >= 15 is 0 Å². The fourth-order valence-electron chi connectivity index (χ4n) is 2.72. The Balaban J connectivity index is 1.89. The number of anilines is 1. The van der Waals surface area contributed by atoms with Crippen LogP contribution in [0.15, 0.2) is 77.7 Å². The Morgan fingerprint density at radius 3 is 1.96 bits per heavy atom. The van der Waals surface area contributed by atoms with Crippen molar-refractivity contribution in [2.45, 2.75) is 4.90 Å². The number of hydrogen-bond acceptors (Lipinski definition) is 4. The van der Waals surface area contributed by atoms with Gasteiger partial charge in [-0.2, -0.15) is 0 Å². The van der Waals surface area contributed by atoms with Gasteiger partial charge in [-0.15, -0.1) is 0 Å². The van der Waals surface area contributed by atoms with Gasteiger partial charge in [-0.25, -0.2) is 8.42 Å². The van der Waals surface area contributed by atoms with Crippen LogP contribution >= 0.6 is 0 Å². The normalized spacial score (nSPS) is 11.1. The van der Waals surface area contributed by atoms with Gasteiger partial charge in [0.15, 0.2) is 0 Å². The molecular formula is C21H21NO4S. The van der Waals surface area contributed by atoms with Crippen molar-refractivity contribution in [3.05, 3.63) is 72.8 Å². The van der Waals surface area contributed by atoms with E-state index in [1.54, 1.807) is 37.4 Å². The Labute approximate surface area is 159 Å². The first-order valence-corrected chi connectivity index (χ1v) is 9.77. The largest absolute Gasteiger partial charge is 0.497 e. The molecule has 6 heteroatoms. The first-order chi connectivity index (χ1) is 13.0. The molecule has 3 aromatic carbocycles. The van der Waals surface area contributed by atoms with Crippen molar-refractivity contribution in [2.24, 2.45) is 0 Å². The van der Waals surface area contributed by atoms with Crippen molar-refractivity contribution in [3.8, 4) is 22.6 Å². The van der Waals surface area contributed by atoms with Crippen molar-refractivity contribution in [2.75, 3.05) is 25.6 Å². The predicted octanol–water partition coefficient (Wildman–Crippen LogP) is 4.20. The molecule has 3 aromatic rings. The fourth-order valence-corrected chi connectivity index (χ4v) is 3.96. The van der Waals surface area contributed by atoms with Crippen molar-refractivity contribution < 1.29 is 17.9 Å². The molecule has 0 N–H and O–H groups in total. The molecule has 0 amide bonds. The minimum absolute atomic E-state index is 0.182. The predicted molar refractivity (Wildman–Crippen MR) is 107 cm³/mol. The van der Waals surface area contributed by atoms with Crippen molar-refractivity contribution in [3.63, 3.8) is 0 Å². The molecule has 0 aliphatic heterocycles. The minimum atomic E-state index is -3.68. The maximum absolute atomic E-state index is 12.9. The Morgan fingerprint density at radius 1 is 0.741 bits per heavy atom. The molecule has 0 aromatic heterocycles. The van der Waals surface area contributed by atoms with Gasteiger partial charge < -0.3 is 9.47 Å². The summed E-state index contributed by atoms with van der Waals surface area (Å²) in [6.45, 7) is 0. The summed E-state index contributed by atoms with van der Waals surface area (Å²) in [6, 6.07) is 21.5. The van der Waals surface area contributed by atoms with Crippen LogP contribution in [-0.2, 0) is 10.0 Å². The second kappa shape index (κ2) is 7.72. The SMILES string of the molecule is COc1cccc(-c2ccc(N(C)S(=O)(=O)c3cccc(OC)c3)cc2)c1. The average molecular weight is 383 g/mol. The van der Waals surface area contributed by atoms with Crippen LogP contribution in [0.3, 0.4) is 0 Å². The van der Waals surface area contributed by atoms with E-state index in [-0.39, 0.29) is 4.90 Å². The van der Waals surface area contributed by atoms with Crippen LogP contribution in [-0.4, -0.2) is 29.7 Å². The van der Waals surface area contributed by atoms with Crippen LogP contribution in [0.25, 0.3) is 11.1 Å². The van der Waals surface area contributed by atoms with Crippen LogP contribution in [0.4, 0.5) is 5.69 Å². The summed E-state index contributed by atoms with van der Waals surface area (Å²) < 4.78 is 37.4. The highest BCUT2D eigenvalue weighted by molar-refractivity contribution is 7.92. The Bertz CT molecular complexity index is 1030. The average Bonchev–Trinajstić information content (AvgIpc) is 2.73. The van der Waals surface area contributed by atoms with Gasteiger partial charge >= 0.3 is 0 Å². The second-order valence-electron chi connectivity index (χ2n) is 5.93. The molecule has 0 saturated heterocycles. The maximum Gasteiger partial charge on any atom is 0.264 e. The molecule has 0 fully saturated rings. The van der Waals surface area contributed by atoms with Crippen LogP contribution in [0, 0.1) is 0 Å². The Kier molecular flexibility index (Phi) is 5.37. The molecule has 0 aliphatic rings. The summed E-state index contributed by atoms with van der Waals surface area (Å²) >= 11 is 0.